The van der Waals surface area contributed by atoms with Crippen LogP contribution in [0.2, 0.25) is 0 Å². The van der Waals surface area contributed by atoms with Gasteiger partial charge < -0.3 is 14.6 Å². The number of nitrogens with one attached hydrogen (secondary N) is 1. The predicted molar refractivity (Wildman–Crippen MR) is 119 cm³/mol. The summed E-state index contributed by atoms with van der Waals surface area (Å²) in [6.45, 7) is 10.5. The van der Waals surface area contributed by atoms with Crippen LogP contribution in [-0.2, 0) is 11.3 Å². The maximum atomic E-state index is 5.45. The molecule has 0 saturated carbocycles. The lowest BCUT2D eigenvalue weighted by Crippen LogP contribution is -2.39. The van der Waals surface area contributed by atoms with Gasteiger partial charge in [0.05, 0.1) is 29.9 Å². The van der Waals surface area contributed by atoms with Gasteiger partial charge in [-0.1, -0.05) is 30.3 Å². The molecule has 1 aliphatic heterocycles. The van der Waals surface area contributed by atoms with Crippen LogP contribution in [0.4, 0.5) is 5.69 Å². The van der Waals surface area contributed by atoms with Gasteiger partial charge in [-0.2, -0.15) is 0 Å². The maximum absolute atomic E-state index is 5.45. The average molecular weight is 405 g/mol. The van der Waals surface area contributed by atoms with Gasteiger partial charge in [-0.15, -0.1) is 10.2 Å². The molecular weight excluding hydrogens is 376 g/mol. The molecule has 0 radical (unpaired) electrons. The zero-order chi connectivity index (χ0) is 20.5. The number of nitrogens with zero attached hydrogens (tertiary/aromatic N) is 5. The first-order valence-electron chi connectivity index (χ1n) is 10.6. The van der Waals surface area contributed by atoms with Crippen molar-refractivity contribution in [3.05, 3.63) is 59.5 Å². The van der Waals surface area contributed by atoms with Gasteiger partial charge >= 0.3 is 0 Å². The largest absolute Gasteiger partial charge is 0.381 e. The Morgan fingerprint density at radius 1 is 1.00 bits per heavy atom. The second kappa shape index (κ2) is 8.08. The number of benzene rings is 1. The summed E-state index contributed by atoms with van der Waals surface area (Å²) in [5, 5.41) is 12.5. The number of pyridine rings is 1. The lowest BCUT2D eigenvalue weighted by Gasteiger charge is -2.26. The van der Waals surface area contributed by atoms with Gasteiger partial charge in [-0.3, -0.25) is 9.30 Å². The number of ether oxygens (including phenoxy) is 1. The molecule has 1 fully saturated rings. The summed E-state index contributed by atoms with van der Waals surface area (Å²) >= 11 is 0. The highest BCUT2D eigenvalue weighted by Gasteiger charge is 2.17. The summed E-state index contributed by atoms with van der Waals surface area (Å²) in [7, 11) is 0. The highest BCUT2D eigenvalue weighted by Crippen LogP contribution is 2.28. The third-order valence-corrected chi connectivity index (χ3v) is 5.94. The molecule has 30 heavy (non-hydrogen) atoms. The van der Waals surface area contributed by atoms with Gasteiger partial charge in [-0.25, -0.2) is 0 Å². The van der Waals surface area contributed by atoms with Crippen LogP contribution >= 0.6 is 0 Å². The van der Waals surface area contributed by atoms with E-state index in [2.05, 4.69) is 78.8 Å². The molecule has 7 nitrogen and oxygen atoms in total. The highest BCUT2D eigenvalue weighted by atomic mass is 16.5. The van der Waals surface area contributed by atoms with Crippen molar-refractivity contribution < 1.29 is 4.74 Å². The van der Waals surface area contributed by atoms with Gasteiger partial charge in [0.25, 0.3) is 0 Å². The monoisotopic (exact) mass is 404 g/mol. The normalized spacial score (nSPS) is 15.3. The van der Waals surface area contributed by atoms with Crippen LogP contribution < -0.4 is 5.32 Å². The number of rotatable bonds is 6. The van der Waals surface area contributed by atoms with Crippen LogP contribution in [0.5, 0.6) is 0 Å². The Labute approximate surface area is 176 Å². The number of anilines is 1. The fourth-order valence-corrected chi connectivity index (χ4v) is 4.31. The standard InChI is InChI=1S/C23H28N6O/c1-17-14-22-21(28(17)16-19-6-4-3-5-7-19)15-20(23-26-25-18(2)29(22)23)24-8-9-27-10-12-30-13-11-27/h3-7,14-15,24H,8-13,16H2,1-2H3. The predicted octanol–water partition coefficient (Wildman–Crippen LogP) is 3.09. The fraction of sp³-hybridized carbons (Fsp3) is 0.391. The second-order valence-electron chi connectivity index (χ2n) is 7.97. The van der Waals surface area contributed by atoms with Crippen molar-refractivity contribution in [1.82, 2.24) is 24.1 Å². The highest BCUT2D eigenvalue weighted by molar-refractivity contribution is 5.88. The number of hydrogen-bond acceptors (Lipinski definition) is 5. The SMILES string of the molecule is Cc1cc2c(cc(NCCN3CCOCC3)c3nnc(C)n32)n1Cc1ccccc1. The molecule has 0 aliphatic carbocycles. The number of aryl methyl sites for hydroxylation is 2. The third kappa shape index (κ3) is 3.55. The zero-order valence-electron chi connectivity index (χ0n) is 17.6. The summed E-state index contributed by atoms with van der Waals surface area (Å²) in [5.74, 6) is 0.906. The summed E-state index contributed by atoms with van der Waals surface area (Å²) in [6.07, 6.45) is 0. The van der Waals surface area contributed by atoms with Crippen molar-refractivity contribution in [2.45, 2.75) is 20.4 Å². The average Bonchev–Trinajstić information content (AvgIpc) is 3.30. The third-order valence-electron chi connectivity index (χ3n) is 5.94. The van der Waals surface area contributed by atoms with Gasteiger partial charge in [0.2, 0.25) is 0 Å². The van der Waals surface area contributed by atoms with E-state index in [-0.39, 0.29) is 0 Å². The Morgan fingerprint density at radius 3 is 2.60 bits per heavy atom. The van der Waals surface area contributed by atoms with Crippen molar-refractivity contribution >= 4 is 22.4 Å². The van der Waals surface area contributed by atoms with E-state index in [0.717, 1.165) is 68.6 Å². The van der Waals surface area contributed by atoms with Crippen LogP contribution in [0, 0.1) is 13.8 Å². The van der Waals surface area contributed by atoms with Gasteiger partial charge in [0, 0.05) is 38.4 Å². The minimum atomic E-state index is 0.825. The Bertz CT molecular complexity index is 1160. The molecule has 1 aliphatic rings. The minimum absolute atomic E-state index is 0.825. The fourth-order valence-electron chi connectivity index (χ4n) is 4.31. The van der Waals surface area contributed by atoms with Crippen molar-refractivity contribution in [3.8, 4) is 0 Å². The Hall–Kier alpha value is -2.90. The molecule has 0 atom stereocenters. The van der Waals surface area contributed by atoms with Crippen LogP contribution in [0.3, 0.4) is 0 Å². The lowest BCUT2D eigenvalue weighted by atomic mass is 10.2. The molecular formula is C23H28N6O. The smallest absolute Gasteiger partial charge is 0.184 e. The molecule has 0 unspecified atom stereocenters. The lowest BCUT2D eigenvalue weighted by molar-refractivity contribution is 0.0398. The van der Waals surface area contributed by atoms with Crippen LogP contribution in [-0.4, -0.2) is 63.5 Å². The molecule has 3 aromatic heterocycles. The van der Waals surface area contributed by atoms with Crippen LogP contribution in [0.25, 0.3) is 16.7 Å². The van der Waals surface area contributed by atoms with Gasteiger partial charge in [0.1, 0.15) is 5.82 Å². The molecule has 0 spiro atoms. The Morgan fingerprint density at radius 2 is 1.80 bits per heavy atom. The van der Waals surface area contributed by atoms with E-state index in [0.29, 0.717) is 0 Å². The van der Waals surface area contributed by atoms with Gasteiger partial charge in [0.15, 0.2) is 5.65 Å². The number of morpholine rings is 1. The molecule has 0 amide bonds. The van der Waals surface area contributed by atoms with E-state index in [1.807, 2.05) is 6.92 Å². The van der Waals surface area contributed by atoms with Crippen LogP contribution in [0.15, 0.2) is 42.5 Å². The van der Waals surface area contributed by atoms with E-state index in [1.54, 1.807) is 0 Å². The van der Waals surface area contributed by atoms with Crippen LogP contribution in [0.1, 0.15) is 17.1 Å². The number of hydrogen-bond donors (Lipinski definition) is 1. The molecule has 156 valence electrons. The first-order chi connectivity index (χ1) is 14.7. The molecule has 1 saturated heterocycles. The summed E-state index contributed by atoms with van der Waals surface area (Å²) in [6, 6.07) is 15.1. The van der Waals surface area contributed by atoms with E-state index in [4.69, 9.17) is 4.74 Å². The van der Waals surface area contributed by atoms with Crippen molar-refractivity contribution in [3.63, 3.8) is 0 Å². The molecule has 1 N–H and O–H groups in total. The molecule has 1 aromatic carbocycles. The molecule has 0 bridgehead atoms. The number of aromatic nitrogens is 4. The molecule has 4 heterocycles. The molecule has 4 aromatic rings. The van der Waals surface area contributed by atoms with E-state index in [1.165, 1.54) is 16.8 Å². The Kier molecular flexibility index (Phi) is 5.14. The van der Waals surface area contributed by atoms with Crippen molar-refractivity contribution in [1.29, 1.82) is 0 Å². The van der Waals surface area contributed by atoms with Crippen molar-refractivity contribution in [2.24, 2.45) is 0 Å². The van der Waals surface area contributed by atoms with Gasteiger partial charge in [-0.05, 0) is 31.5 Å². The summed E-state index contributed by atoms with van der Waals surface area (Å²) in [5.41, 5.74) is 6.79. The van der Waals surface area contributed by atoms with E-state index >= 15 is 0 Å². The minimum Gasteiger partial charge on any atom is -0.381 e. The summed E-state index contributed by atoms with van der Waals surface area (Å²) in [4.78, 5) is 2.43. The first kappa shape index (κ1) is 19.1. The van der Waals surface area contributed by atoms with E-state index in [9.17, 15) is 0 Å². The summed E-state index contributed by atoms with van der Waals surface area (Å²) < 4.78 is 9.99. The molecule has 7 heteroatoms. The topological polar surface area (TPSA) is 59.6 Å². The quantitative estimate of drug-likeness (QED) is 0.535. The molecule has 5 rings (SSSR count). The zero-order valence-corrected chi connectivity index (χ0v) is 17.6. The maximum Gasteiger partial charge on any atom is 0.184 e. The first-order valence-corrected chi connectivity index (χ1v) is 10.6. The number of fused-ring (bicyclic) bond motifs is 3. The Balaban J connectivity index is 1.50. The van der Waals surface area contributed by atoms with Crippen molar-refractivity contribution in [2.75, 3.05) is 44.7 Å². The second-order valence-corrected chi connectivity index (χ2v) is 7.97. The van der Waals surface area contributed by atoms with E-state index < -0.39 is 0 Å².